The first kappa shape index (κ1) is 16.0. The molecule has 0 saturated carbocycles. The molecular weight excluding hydrogens is 319 g/mol. The van der Waals surface area contributed by atoms with Crippen molar-refractivity contribution in [2.24, 2.45) is 7.05 Å². The summed E-state index contributed by atoms with van der Waals surface area (Å²) in [5, 5.41) is 4.49. The van der Waals surface area contributed by atoms with E-state index in [9.17, 15) is 9.18 Å². The third kappa shape index (κ3) is 3.71. The average Bonchev–Trinajstić information content (AvgIpc) is 2.86. The fraction of sp³-hybridized carbons (Fsp3) is 0.375. The van der Waals surface area contributed by atoms with Gasteiger partial charge in [0.15, 0.2) is 5.69 Å². The summed E-state index contributed by atoms with van der Waals surface area (Å²) >= 11 is 6.03. The fourth-order valence-electron chi connectivity index (χ4n) is 2.76. The second kappa shape index (κ2) is 6.68. The van der Waals surface area contributed by atoms with Crippen molar-refractivity contribution in [1.82, 2.24) is 19.6 Å². The van der Waals surface area contributed by atoms with Gasteiger partial charge in [-0.05, 0) is 17.7 Å². The van der Waals surface area contributed by atoms with Crippen molar-refractivity contribution in [3.8, 4) is 0 Å². The molecule has 1 aromatic carbocycles. The minimum absolute atomic E-state index is 0.138. The monoisotopic (exact) mass is 336 g/mol. The quantitative estimate of drug-likeness (QED) is 0.862. The van der Waals surface area contributed by atoms with Gasteiger partial charge < -0.3 is 4.90 Å². The highest BCUT2D eigenvalue weighted by Gasteiger charge is 2.25. The molecule has 0 atom stereocenters. The third-order valence-corrected chi connectivity index (χ3v) is 4.22. The number of halogens is 2. The van der Waals surface area contributed by atoms with E-state index in [0.717, 1.165) is 18.7 Å². The molecule has 0 spiro atoms. The number of amides is 1. The van der Waals surface area contributed by atoms with Gasteiger partial charge in [-0.25, -0.2) is 4.39 Å². The highest BCUT2D eigenvalue weighted by molar-refractivity contribution is 6.33. The molecule has 5 nitrogen and oxygen atoms in total. The lowest BCUT2D eigenvalue weighted by Gasteiger charge is -2.34. The molecule has 1 aliphatic rings. The standard InChI is InChI=1S/C16H18ClFN4O/c1-20-11-14(17)15(19-20)16(23)22-7-5-21(6-8-22)10-12-3-2-4-13(18)9-12/h2-4,9,11H,5-8,10H2,1H3. The maximum absolute atomic E-state index is 13.2. The van der Waals surface area contributed by atoms with Crippen LogP contribution in [0.15, 0.2) is 30.5 Å². The summed E-state index contributed by atoms with van der Waals surface area (Å²) in [6.45, 7) is 3.39. The number of hydrogen-bond acceptors (Lipinski definition) is 3. The van der Waals surface area contributed by atoms with E-state index >= 15 is 0 Å². The SMILES string of the molecule is Cn1cc(Cl)c(C(=O)N2CCN(Cc3cccc(F)c3)CC2)n1. The largest absolute Gasteiger partial charge is 0.335 e. The molecule has 0 bridgehead atoms. The van der Waals surface area contributed by atoms with Crippen LogP contribution in [0.2, 0.25) is 5.02 Å². The first-order valence-electron chi connectivity index (χ1n) is 7.48. The van der Waals surface area contributed by atoms with E-state index in [1.807, 2.05) is 6.07 Å². The molecule has 0 unspecified atom stereocenters. The van der Waals surface area contributed by atoms with Gasteiger partial charge in [-0.3, -0.25) is 14.4 Å². The molecule has 1 aliphatic heterocycles. The van der Waals surface area contributed by atoms with Gasteiger partial charge in [-0.2, -0.15) is 5.10 Å². The third-order valence-electron chi connectivity index (χ3n) is 3.94. The van der Waals surface area contributed by atoms with E-state index in [4.69, 9.17) is 11.6 Å². The van der Waals surface area contributed by atoms with Crippen LogP contribution in [0.4, 0.5) is 4.39 Å². The lowest BCUT2D eigenvalue weighted by Crippen LogP contribution is -2.48. The topological polar surface area (TPSA) is 41.4 Å². The Morgan fingerprint density at radius 1 is 1.30 bits per heavy atom. The zero-order valence-corrected chi connectivity index (χ0v) is 13.6. The van der Waals surface area contributed by atoms with Gasteiger partial charge in [0.1, 0.15) is 5.82 Å². The van der Waals surface area contributed by atoms with E-state index in [2.05, 4.69) is 10.00 Å². The van der Waals surface area contributed by atoms with E-state index in [1.165, 1.54) is 10.7 Å². The molecule has 0 aliphatic carbocycles. The molecule has 23 heavy (non-hydrogen) atoms. The Morgan fingerprint density at radius 3 is 2.65 bits per heavy atom. The van der Waals surface area contributed by atoms with Crippen molar-refractivity contribution >= 4 is 17.5 Å². The normalized spacial score (nSPS) is 15.9. The molecule has 2 heterocycles. The highest BCUT2D eigenvalue weighted by Crippen LogP contribution is 2.17. The van der Waals surface area contributed by atoms with Crippen molar-refractivity contribution in [3.63, 3.8) is 0 Å². The number of aromatic nitrogens is 2. The van der Waals surface area contributed by atoms with Crippen LogP contribution in [0.1, 0.15) is 16.1 Å². The Balaban J connectivity index is 1.58. The number of rotatable bonds is 3. The van der Waals surface area contributed by atoms with Gasteiger partial charge in [-0.1, -0.05) is 23.7 Å². The lowest BCUT2D eigenvalue weighted by atomic mass is 10.2. The van der Waals surface area contributed by atoms with Crippen molar-refractivity contribution in [2.75, 3.05) is 26.2 Å². The fourth-order valence-corrected chi connectivity index (χ4v) is 3.02. The zero-order valence-electron chi connectivity index (χ0n) is 12.9. The van der Waals surface area contributed by atoms with Crippen LogP contribution in [0, 0.1) is 5.82 Å². The summed E-state index contributed by atoms with van der Waals surface area (Å²) in [5.41, 5.74) is 1.24. The Hall–Kier alpha value is -1.92. The summed E-state index contributed by atoms with van der Waals surface area (Å²) < 4.78 is 14.8. The van der Waals surface area contributed by atoms with Crippen LogP contribution in [0.5, 0.6) is 0 Å². The summed E-state index contributed by atoms with van der Waals surface area (Å²) in [4.78, 5) is 16.4. The second-order valence-corrected chi connectivity index (χ2v) is 6.10. The summed E-state index contributed by atoms with van der Waals surface area (Å²) in [6.07, 6.45) is 1.62. The molecular formula is C16H18ClFN4O. The average molecular weight is 337 g/mol. The molecule has 7 heteroatoms. The summed E-state index contributed by atoms with van der Waals surface area (Å²) in [7, 11) is 1.74. The van der Waals surface area contributed by atoms with E-state index in [0.29, 0.717) is 30.4 Å². The van der Waals surface area contributed by atoms with Crippen LogP contribution >= 0.6 is 11.6 Å². The highest BCUT2D eigenvalue weighted by atomic mass is 35.5. The van der Waals surface area contributed by atoms with Gasteiger partial charge in [-0.15, -0.1) is 0 Å². The predicted molar refractivity (Wildman–Crippen MR) is 85.8 cm³/mol. The number of benzene rings is 1. The molecule has 0 radical (unpaired) electrons. The van der Waals surface area contributed by atoms with Gasteiger partial charge in [0.05, 0.1) is 5.02 Å². The Kier molecular flexibility index (Phi) is 4.63. The lowest BCUT2D eigenvalue weighted by molar-refractivity contribution is 0.0622. The van der Waals surface area contributed by atoms with Gasteiger partial charge >= 0.3 is 0 Å². The maximum atomic E-state index is 13.2. The number of carbonyl (C=O) groups excluding carboxylic acids is 1. The smallest absolute Gasteiger partial charge is 0.276 e. The van der Waals surface area contributed by atoms with Crippen molar-refractivity contribution < 1.29 is 9.18 Å². The zero-order chi connectivity index (χ0) is 16.4. The number of piperazine rings is 1. The second-order valence-electron chi connectivity index (χ2n) is 5.70. The minimum atomic E-state index is -0.221. The molecule has 3 rings (SSSR count). The summed E-state index contributed by atoms with van der Waals surface area (Å²) in [5.74, 6) is -0.359. The Labute approximate surface area is 139 Å². The minimum Gasteiger partial charge on any atom is -0.335 e. The first-order chi connectivity index (χ1) is 11.0. The molecule has 1 saturated heterocycles. The van der Waals surface area contributed by atoms with E-state index in [1.54, 1.807) is 30.3 Å². The van der Waals surface area contributed by atoms with Crippen LogP contribution in [-0.2, 0) is 13.6 Å². The molecule has 0 N–H and O–H groups in total. The predicted octanol–water partition coefficient (Wildman–Crippen LogP) is 2.17. The van der Waals surface area contributed by atoms with E-state index < -0.39 is 0 Å². The Bertz CT molecular complexity index is 710. The van der Waals surface area contributed by atoms with Gasteiger partial charge in [0.25, 0.3) is 5.91 Å². The van der Waals surface area contributed by atoms with E-state index in [-0.39, 0.29) is 11.7 Å². The van der Waals surface area contributed by atoms with Crippen molar-refractivity contribution in [2.45, 2.75) is 6.54 Å². The molecule has 1 amide bonds. The van der Waals surface area contributed by atoms with Crippen LogP contribution in [0.3, 0.4) is 0 Å². The number of aryl methyl sites for hydroxylation is 1. The molecule has 122 valence electrons. The van der Waals surface area contributed by atoms with Crippen LogP contribution in [0.25, 0.3) is 0 Å². The van der Waals surface area contributed by atoms with Crippen LogP contribution in [-0.4, -0.2) is 51.7 Å². The number of hydrogen-bond donors (Lipinski definition) is 0. The van der Waals surface area contributed by atoms with Crippen LogP contribution < -0.4 is 0 Å². The summed E-state index contributed by atoms with van der Waals surface area (Å²) in [6, 6.07) is 6.61. The molecule has 1 fully saturated rings. The Morgan fingerprint density at radius 2 is 2.04 bits per heavy atom. The molecule has 2 aromatic rings. The number of carbonyl (C=O) groups is 1. The van der Waals surface area contributed by atoms with Crippen molar-refractivity contribution in [1.29, 1.82) is 0 Å². The van der Waals surface area contributed by atoms with Crippen molar-refractivity contribution in [3.05, 3.63) is 52.6 Å². The first-order valence-corrected chi connectivity index (χ1v) is 7.86. The maximum Gasteiger partial charge on any atom is 0.276 e. The molecule has 1 aromatic heterocycles. The van der Waals surface area contributed by atoms with Gasteiger partial charge in [0, 0.05) is 46.0 Å². The number of nitrogens with zero attached hydrogens (tertiary/aromatic N) is 4. The van der Waals surface area contributed by atoms with Gasteiger partial charge in [0.2, 0.25) is 0 Å².